The number of benzene rings is 1. The highest BCUT2D eigenvalue weighted by Gasteiger charge is 2.25. The highest BCUT2D eigenvalue weighted by molar-refractivity contribution is 9.10. The maximum atomic E-state index is 5.95. The maximum Gasteiger partial charge on any atom is 0.0178 e. The van der Waals surface area contributed by atoms with Crippen molar-refractivity contribution >= 4 is 15.9 Å². The average Bonchev–Trinajstić information content (AvgIpc) is 2.46. The predicted molar refractivity (Wildman–Crippen MR) is 58.9 cm³/mol. The molecule has 0 spiro atoms. The quantitative estimate of drug-likeness (QED) is 0.802. The third kappa shape index (κ3) is 1.65. The third-order valence-electron chi connectivity index (χ3n) is 2.87. The Morgan fingerprint density at radius 1 is 1.54 bits per heavy atom. The lowest BCUT2D eigenvalue weighted by Gasteiger charge is -2.15. The minimum Gasteiger partial charge on any atom is -0.327 e. The van der Waals surface area contributed by atoms with Crippen LogP contribution in [0.4, 0.5) is 0 Å². The monoisotopic (exact) mass is 239 g/mol. The van der Waals surface area contributed by atoms with Crippen LogP contribution in [0.2, 0.25) is 0 Å². The molecular formula is C11H14BrN. The Bertz CT molecular complexity index is 320. The molecule has 1 aromatic carbocycles. The molecule has 0 aliphatic heterocycles. The maximum absolute atomic E-state index is 5.95. The van der Waals surface area contributed by atoms with Crippen LogP contribution in [0.5, 0.6) is 0 Å². The van der Waals surface area contributed by atoms with Crippen LogP contribution in [0.25, 0.3) is 0 Å². The summed E-state index contributed by atoms with van der Waals surface area (Å²) >= 11 is 3.50. The van der Waals surface area contributed by atoms with E-state index in [1.807, 2.05) is 0 Å². The fraction of sp³-hybridized carbons (Fsp3) is 0.455. The van der Waals surface area contributed by atoms with E-state index in [0.29, 0.717) is 5.92 Å². The van der Waals surface area contributed by atoms with E-state index in [2.05, 4.69) is 41.1 Å². The lowest BCUT2D eigenvalue weighted by molar-refractivity contribution is 0.564. The van der Waals surface area contributed by atoms with E-state index in [-0.39, 0.29) is 6.04 Å². The summed E-state index contributed by atoms with van der Waals surface area (Å²) in [5, 5.41) is 0. The molecule has 0 amide bonds. The Morgan fingerprint density at radius 2 is 2.31 bits per heavy atom. The van der Waals surface area contributed by atoms with E-state index in [9.17, 15) is 0 Å². The largest absolute Gasteiger partial charge is 0.327 e. The standard InChI is InChI=1S/C11H14BrN/c1-7(13)10-5-3-8-2-4-9(12)6-11(8)10/h2,4,6-7,10H,3,5,13H2,1H3. The summed E-state index contributed by atoms with van der Waals surface area (Å²) < 4.78 is 1.17. The van der Waals surface area contributed by atoms with E-state index in [0.717, 1.165) is 0 Å². The van der Waals surface area contributed by atoms with Gasteiger partial charge in [0, 0.05) is 10.5 Å². The summed E-state index contributed by atoms with van der Waals surface area (Å²) in [7, 11) is 0. The molecule has 0 aromatic heterocycles. The Hall–Kier alpha value is -0.340. The van der Waals surface area contributed by atoms with Crippen molar-refractivity contribution in [3.8, 4) is 0 Å². The van der Waals surface area contributed by atoms with Crippen molar-refractivity contribution in [1.29, 1.82) is 0 Å². The lowest BCUT2D eigenvalue weighted by Crippen LogP contribution is -2.22. The molecule has 1 nitrogen and oxygen atoms in total. The van der Waals surface area contributed by atoms with Crippen LogP contribution in [-0.4, -0.2) is 6.04 Å². The fourth-order valence-electron chi connectivity index (χ4n) is 2.15. The number of fused-ring (bicyclic) bond motifs is 1. The van der Waals surface area contributed by atoms with Crippen molar-refractivity contribution < 1.29 is 0 Å². The summed E-state index contributed by atoms with van der Waals surface area (Å²) in [6.45, 7) is 2.10. The SMILES string of the molecule is CC(N)C1CCc2ccc(Br)cc21. The first-order valence-electron chi connectivity index (χ1n) is 4.72. The second-order valence-electron chi connectivity index (χ2n) is 3.85. The number of rotatable bonds is 1. The first kappa shape index (κ1) is 9.22. The van der Waals surface area contributed by atoms with Crippen LogP contribution in [0.15, 0.2) is 22.7 Å². The molecule has 0 fully saturated rings. The first-order chi connectivity index (χ1) is 6.18. The summed E-state index contributed by atoms with van der Waals surface area (Å²) in [6.07, 6.45) is 2.40. The zero-order chi connectivity index (χ0) is 9.42. The van der Waals surface area contributed by atoms with Crippen LogP contribution < -0.4 is 5.73 Å². The van der Waals surface area contributed by atoms with Gasteiger partial charge in [-0.2, -0.15) is 0 Å². The van der Waals surface area contributed by atoms with Crippen molar-refractivity contribution in [2.45, 2.75) is 31.7 Å². The van der Waals surface area contributed by atoms with Gasteiger partial charge in [0.25, 0.3) is 0 Å². The van der Waals surface area contributed by atoms with Crippen molar-refractivity contribution in [3.63, 3.8) is 0 Å². The highest BCUT2D eigenvalue weighted by atomic mass is 79.9. The van der Waals surface area contributed by atoms with Gasteiger partial charge in [-0.1, -0.05) is 22.0 Å². The van der Waals surface area contributed by atoms with E-state index in [1.165, 1.54) is 28.4 Å². The van der Waals surface area contributed by atoms with Crippen molar-refractivity contribution in [2.75, 3.05) is 0 Å². The second-order valence-corrected chi connectivity index (χ2v) is 4.76. The van der Waals surface area contributed by atoms with Gasteiger partial charge in [0.1, 0.15) is 0 Å². The molecule has 0 heterocycles. The Kier molecular flexibility index (Phi) is 2.43. The molecule has 0 radical (unpaired) electrons. The fourth-order valence-corrected chi connectivity index (χ4v) is 2.53. The molecule has 0 saturated carbocycles. The first-order valence-corrected chi connectivity index (χ1v) is 5.51. The minimum atomic E-state index is 0.274. The number of halogens is 1. The van der Waals surface area contributed by atoms with Crippen LogP contribution in [0, 0.1) is 0 Å². The van der Waals surface area contributed by atoms with Crippen molar-refractivity contribution in [3.05, 3.63) is 33.8 Å². The van der Waals surface area contributed by atoms with E-state index in [1.54, 1.807) is 0 Å². The molecule has 2 rings (SSSR count). The number of aryl methyl sites for hydroxylation is 1. The van der Waals surface area contributed by atoms with Gasteiger partial charge in [-0.3, -0.25) is 0 Å². The Balaban J connectivity index is 2.40. The zero-order valence-corrected chi connectivity index (χ0v) is 9.34. The van der Waals surface area contributed by atoms with Gasteiger partial charge in [-0.25, -0.2) is 0 Å². The molecule has 2 atom stereocenters. The molecule has 0 saturated heterocycles. The lowest BCUT2D eigenvalue weighted by atomic mass is 9.95. The summed E-state index contributed by atoms with van der Waals surface area (Å²) in [4.78, 5) is 0. The molecule has 0 bridgehead atoms. The average molecular weight is 240 g/mol. The molecule has 2 heteroatoms. The molecule has 1 aliphatic carbocycles. The molecule has 1 aliphatic rings. The van der Waals surface area contributed by atoms with E-state index < -0.39 is 0 Å². The van der Waals surface area contributed by atoms with Crippen LogP contribution in [0.3, 0.4) is 0 Å². The zero-order valence-electron chi connectivity index (χ0n) is 7.76. The molecular weight excluding hydrogens is 226 g/mol. The number of hydrogen-bond acceptors (Lipinski definition) is 1. The highest BCUT2D eigenvalue weighted by Crippen LogP contribution is 2.36. The molecule has 1 aromatic rings. The second kappa shape index (κ2) is 3.43. The third-order valence-corrected chi connectivity index (χ3v) is 3.36. The van der Waals surface area contributed by atoms with Crippen LogP contribution in [0.1, 0.15) is 30.4 Å². The van der Waals surface area contributed by atoms with Gasteiger partial charge in [0.05, 0.1) is 0 Å². The minimum absolute atomic E-state index is 0.274. The van der Waals surface area contributed by atoms with Crippen molar-refractivity contribution in [1.82, 2.24) is 0 Å². The van der Waals surface area contributed by atoms with Gasteiger partial charge in [0.15, 0.2) is 0 Å². The summed E-state index contributed by atoms with van der Waals surface area (Å²) in [6, 6.07) is 6.82. The van der Waals surface area contributed by atoms with Crippen molar-refractivity contribution in [2.24, 2.45) is 5.73 Å². The number of hydrogen-bond donors (Lipinski definition) is 1. The van der Waals surface area contributed by atoms with Gasteiger partial charge < -0.3 is 5.73 Å². The van der Waals surface area contributed by atoms with Gasteiger partial charge in [-0.05, 0) is 48.9 Å². The topological polar surface area (TPSA) is 26.0 Å². The van der Waals surface area contributed by atoms with E-state index in [4.69, 9.17) is 5.73 Å². The van der Waals surface area contributed by atoms with Crippen LogP contribution in [-0.2, 0) is 6.42 Å². The Labute approximate surface area is 87.5 Å². The van der Waals surface area contributed by atoms with E-state index >= 15 is 0 Å². The molecule has 13 heavy (non-hydrogen) atoms. The van der Waals surface area contributed by atoms with Gasteiger partial charge >= 0.3 is 0 Å². The molecule has 2 unspecified atom stereocenters. The van der Waals surface area contributed by atoms with Gasteiger partial charge in [-0.15, -0.1) is 0 Å². The normalized spacial score (nSPS) is 22.8. The molecule has 70 valence electrons. The predicted octanol–water partition coefficient (Wildman–Crippen LogP) is 2.83. The van der Waals surface area contributed by atoms with Gasteiger partial charge in [0.2, 0.25) is 0 Å². The Morgan fingerprint density at radius 3 is 3.00 bits per heavy atom. The smallest absolute Gasteiger partial charge is 0.0178 e. The molecule has 2 N–H and O–H groups in total. The summed E-state index contributed by atoms with van der Waals surface area (Å²) in [5.41, 5.74) is 8.87. The summed E-state index contributed by atoms with van der Waals surface area (Å²) in [5.74, 6) is 0.562. The van der Waals surface area contributed by atoms with Crippen LogP contribution >= 0.6 is 15.9 Å². The number of nitrogens with two attached hydrogens (primary N) is 1.